The van der Waals surface area contributed by atoms with Crippen LogP contribution < -0.4 is 10.2 Å². The van der Waals surface area contributed by atoms with Gasteiger partial charge in [0.05, 0.1) is 18.0 Å². The van der Waals surface area contributed by atoms with Crippen molar-refractivity contribution in [1.29, 1.82) is 0 Å². The van der Waals surface area contributed by atoms with Crippen LogP contribution in [0, 0.1) is 0 Å². The van der Waals surface area contributed by atoms with Crippen LogP contribution in [-0.2, 0) is 32.0 Å². The quantitative estimate of drug-likeness (QED) is 0.769. The van der Waals surface area contributed by atoms with Gasteiger partial charge in [-0.25, -0.2) is 4.79 Å². The molecular weight excluding hydrogens is 398 g/mol. The molecule has 0 spiro atoms. The Morgan fingerprint density at radius 2 is 1.65 bits per heavy atom. The number of ether oxygens (including phenoxy) is 1. The number of nitrogens with zero attached hydrogens (tertiary/aromatic N) is 2. The molecule has 2 aliphatic heterocycles. The predicted octanol–water partition coefficient (Wildman–Crippen LogP) is 2.94. The van der Waals surface area contributed by atoms with E-state index in [-0.39, 0.29) is 13.2 Å². The van der Waals surface area contributed by atoms with Crippen LogP contribution in [0.5, 0.6) is 0 Å². The van der Waals surface area contributed by atoms with Crippen LogP contribution in [0.25, 0.3) is 0 Å². The van der Waals surface area contributed by atoms with E-state index in [4.69, 9.17) is 4.74 Å². The Balaban J connectivity index is 1.73. The Kier molecular flexibility index (Phi) is 5.53. The Morgan fingerprint density at radius 3 is 2.35 bits per heavy atom. The second-order valence-corrected chi connectivity index (χ2v) is 7.14. The van der Waals surface area contributed by atoms with Crippen molar-refractivity contribution in [3.8, 4) is 0 Å². The van der Waals surface area contributed by atoms with Crippen molar-refractivity contribution in [2.75, 3.05) is 23.4 Å². The number of hydrogen-bond donors (Lipinski definition) is 1. The lowest BCUT2D eigenvalue weighted by atomic mass is 10.0. The van der Waals surface area contributed by atoms with E-state index in [0.717, 1.165) is 34.6 Å². The fourth-order valence-corrected chi connectivity index (χ4v) is 3.75. The topological polar surface area (TPSA) is 96.0 Å². The summed E-state index contributed by atoms with van der Waals surface area (Å²) in [7, 11) is 0. The van der Waals surface area contributed by atoms with E-state index in [9.17, 15) is 19.2 Å². The van der Waals surface area contributed by atoms with Crippen LogP contribution in [-0.4, -0.2) is 41.9 Å². The Labute approximate surface area is 179 Å². The van der Waals surface area contributed by atoms with Crippen molar-refractivity contribution >= 4 is 40.9 Å². The first kappa shape index (κ1) is 20.3. The van der Waals surface area contributed by atoms with Gasteiger partial charge in [-0.15, -0.1) is 0 Å². The molecule has 8 nitrogen and oxygen atoms in total. The number of benzene rings is 2. The molecule has 0 aromatic heterocycles. The van der Waals surface area contributed by atoms with Crippen molar-refractivity contribution in [2.45, 2.75) is 19.8 Å². The molecule has 0 aliphatic carbocycles. The van der Waals surface area contributed by atoms with Gasteiger partial charge >= 0.3 is 6.09 Å². The number of carbonyl (C=O) groups is 4. The van der Waals surface area contributed by atoms with E-state index < -0.39 is 23.8 Å². The number of carbonyl (C=O) groups excluding carboxylic acids is 4. The lowest BCUT2D eigenvalue weighted by Gasteiger charge is -2.27. The maximum atomic E-state index is 13.4. The van der Waals surface area contributed by atoms with Crippen molar-refractivity contribution in [2.24, 2.45) is 0 Å². The van der Waals surface area contributed by atoms with E-state index in [2.05, 4.69) is 5.32 Å². The average Bonchev–Trinajstić information content (AvgIpc) is 2.97. The summed E-state index contributed by atoms with van der Waals surface area (Å²) >= 11 is 0. The van der Waals surface area contributed by atoms with Crippen LogP contribution in [0.15, 0.2) is 54.6 Å². The van der Waals surface area contributed by atoms with Gasteiger partial charge in [0.1, 0.15) is 6.54 Å². The second-order valence-electron chi connectivity index (χ2n) is 7.14. The Hall–Kier alpha value is -3.94. The maximum Gasteiger partial charge on any atom is 0.411 e. The zero-order valence-corrected chi connectivity index (χ0v) is 17.0. The molecule has 0 saturated heterocycles. The summed E-state index contributed by atoms with van der Waals surface area (Å²) in [5.41, 5.74) is 3.65. The molecule has 2 aromatic rings. The molecule has 8 heteroatoms. The van der Waals surface area contributed by atoms with E-state index in [1.165, 1.54) is 4.90 Å². The molecule has 0 atom stereocenters. The third-order valence-corrected chi connectivity index (χ3v) is 5.19. The van der Waals surface area contributed by atoms with E-state index in [1.807, 2.05) is 30.3 Å². The van der Waals surface area contributed by atoms with E-state index >= 15 is 0 Å². The summed E-state index contributed by atoms with van der Waals surface area (Å²) in [5.74, 6) is -1.45. The highest BCUT2D eigenvalue weighted by Crippen LogP contribution is 2.37. The molecule has 31 heavy (non-hydrogen) atoms. The van der Waals surface area contributed by atoms with Crippen LogP contribution in [0.4, 0.5) is 21.9 Å². The molecule has 4 rings (SSSR count). The maximum absolute atomic E-state index is 13.4. The molecule has 0 unspecified atom stereocenters. The lowest BCUT2D eigenvalue weighted by molar-refractivity contribution is -0.140. The zero-order valence-electron chi connectivity index (χ0n) is 17.0. The first-order valence-corrected chi connectivity index (χ1v) is 9.99. The number of aryl methyl sites for hydroxylation is 2. The summed E-state index contributed by atoms with van der Waals surface area (Å²) in [6.07, 6.45) is 3.14. The van der Waals surface area contributed by atoms with Gasteiger partial charge in [0.2, 0.25) is 0 Å². The summed E-state index contributed by atoms with van der Waals surface area (Å²) in [6.45, 7) is 1.57. The lowest BCUT2D eigenvalue weighted by Crippen LogP contribution is -2.41. The molecule has 0 saturated carbocycles. The van der Waals surface area contributed by atoms with Crippen LogP contribution in [0.3, 0.4) is 0 Å². The first-order chi connectivity index (χ1) is 15.0. The number of fused-ring (bicyclic) bond motifs is 2. The number of amides is 4. The molecule has 158 valence electrons. The second kappa shape index (κ2) is 8.43. The molecule has 2 aliphatic rings. The largest absolute Gasteiger partial charge is 0.450 e. The Morgan fingerprint density at radius 1 is 0.968 bits per heavy atom. The van der Waals surface area contributed by atoms with E-state index in [1.54, 1.807) is 19.1 Å². The van der Waals surface area contributed by atoms with Gasteiger partial charge in [0.15, 0.2) is 0 Å². The number of anilines is 3. The SMILES string of the molecule is CCOC(=O)Nc1ccc2c(c1)N(C(=O)CN1C(=O)C=CC1=O)c1ccccc1CC2. The predicted molar refractivity (Wildman–Crippen MR) is 114 cm³/mol. The Bertz CT molecular complexity index is 1090. The number of para-hydroxylation sites is 1. The van der Waals surface area contributed by atoms with Crippen LogP contribution in [0.1, 0.15) is 18.1 Å². The summed E-state index contributed by atoms with van der Waals surface area (Å²) in [5, 5.41) is 2.66. The minimum atomic E-state index is -0.589. The highest BCUT2D eigenvalue weighted by Gasteiger charge is 2.31. The number of hydrogen-bond acceptors (Lipinski definition) is 5. The third-order valence-electron chi connectivity index (χ3n) is 5.19. The average molecular weight is 419 g/mol. The fraction of sp³-hybridized carbons (Fsp3) is 0.217. The molecule has 2 heterocycles. The molecule has 0 fully saturated rings. The van der Waals surface area contributed by atoms with Gasteiger partial charge < -0.3 is 4.74 Å². The standard InChI is InChI=1S/C23H21N3O5/c1-2-31-23(30)24-17-10-9-16-8-7-15-5-3-4-6-18(15)26(19(16)13-17)22(29)14-25-20(27)11-12-21(25)28/h3-6,9-13H,2,7-8,14H2,1H3,(H,24,30). The van der Waals surface area contributed by atoms with Gasteiger partial charge in [-0.2, -0.15) is 0 Å². The number of imide groups is 1. The highest BCUT2D eigenvalue weighted by molar-refractivity contribution is 6.16. The minimum absolute atomic E-state index is 0.237. The van der Waals surface area contributed by atoms with Crippen molar-refractivity contribution in [3.63, 3.8) is 0 Å². The number of nitrogens with one attached hydrogen (secondary N) is 1. The zero-order chi connectivity index (χ0) is 22.0. The normalized spacial score (nSPS) is 14.7. The molecule has 2 aromatic carbocycles. The third kappa shape index (κ3) is 4.05. The van der Waals surface area contributed by atoms with Gasteiger partial charge in [-0.1, -0.05) is 24.3 Å². The summed E-state index contributed by atoms with van der Waals surface area (Å²) in [4.78, 5) is 51.7. The van der Waals surface area contributed by atoms with Crippen LogP contribution >= 0.6 is 0 Å². The first-order valence-electron chi connectivity index (χ1n) is 9.99. The van der Waals surface area contributed by atoms with E-state index in [0.29, 0.717) is 23.5 Å². The minimum Gasteiger partial charge on any atom is -0.450 e. The van der Waals surface area contributed by atoms with Gasteiger partial charge in [-0.3, -0.25) is 29.5 Å². The van der Waals surface area contributed by atoms with Gasteiger partial charge in [0.25, 0.3) is 17.7 Å². The smallest absolute Gasteiger partial charge is 0.411 e. The number of rotatable bonds is 4. The van der Waals surface area contributed by atoms with Crippen molar-refractivity contribution in [3.05, 3.63) is 65.7 Å². The molecule has 4 amide bonds. The van der Waals surface area contributed by atoms with Gasteiger partial charge in [0, 0.05) is 17.8 Å². The van der Waals surface area contributed by atoms with Crippen molar-refractivity contribution in [1.82, 2.24) is 4.90 Å². The molecule has 0 bridgehead atoms. The summed E-state index contributed by atoms with van der Waals surface area (Å²) in [6, 6.07) is 12.8. The summed E-state index contributed by atoms with van der Waals surface area (Å²) < 4.78 is 4.94. The van der Waals surface area contributed by atoms with Crippen molar-refractivity contribution < 1.29 is 23.9 Å². The van der Waals surface area contributed by atoms with Gasteiger partial charge in [-0.05, 0) is 49.1 Å². The highest BCUT2D eigenvalue weighted by atomic mass is 16.5. The molecular formula is C23H21N3O5. The fourth-order valence-electron chi connectivity index (χ4n) is 3.75. The monoisotopic (exact) mass is 419 g/mol. The van der Waals surface area contributed by atoms with Crippen LogP contribution in [0.2, 0.25) is 0 Å². The molecule has 1 N–H and O–H groups in total. The molecule has 0 radical (unpaired) electrons.